The standard InChI is InChI=1S/C14H21NO2/c1-3-7-14(16)17-12(2)10-15-11-13-8-5-4-6-9-13/h4-6,8-9,12,15H,3,7,10-11H2,1-2H3. The summed E-state index contributed by atoms with van der Waals surface area (Å²) in [6.07, 6.45) is 1.27. The van der Waals surface area contributed by atoms with Gasteiger partial charge in [0.25, 0.3) is 0 Å². The lowest BCUT2D eigenvalue weighted by atomic mass is 10.2. The summed E-state index contributed by atoms with van der Waals surface area (Å²) in [4.78, 5) is 11.2. The molecule has 3 heteroatoms. The molecule has 0 fully saturated rings. The highest BCUT2D eigenvalue weighted by atomic mass is 16.5. The van der Waals surface area contributed by atoms with E-state index in [0.29, 0.717) is 13.0 Å². The van der Waals surface area contributed by atoms with Crippen LogP contribution in [-0.4, -0.2) is 18.6 Å². The van der Waals surface area contributed by atoms with Crippen molar-refractivity contribution in [3.05, 3.63) is 35.9 Å². The van der Waals surface area contributed by atoms with Crippen molar-refractivity contribution in [3.63, 3.8) is 0 Å². The van der Waals surface area contributed by atoms with Gasteiger partial charge in [0, 0.05) is 19.5 Å². The maximum absolute atomic E-state index is 11.2. The van der Waals surface area contributed by atoms with Crippen LogP contribution >= 0.6 is 0 Å². The van der Waals surface area contributed by atoms with E-state index in [2.05, 4.69) is 17.4 Å². The lowest BCUT2D eigenvalue weighted by Gasteiger charge is -2.13. The summed E-state index contributed by atoms with van der Waals surface area (Å²) in [5.74, 6) is -0.110. The average molecular weight is 235 g/mol. The van der Waals surface area contributed by atoms with Crippen LogP contribution in [0.2, 0.25) is 0 Å². The van der Waals surface area contributed by atoms with Crippen LogP contribution in [0.3, 0.4) is 0 Å². The Balaban J connectivity index is 2.16. The second-order valence-corrected chi connectivity index (χ2v) is 4.17. The van der Waals surface area contributed by atoms with Crippen LogP contribution in [0.15, 0.2) is 30.3 Å². The summed E-state index contributed by atoms with van der Waals surface area (Å²) in [5.41, 5.74) is 1.24. The van der Waals surface area contributed by atoms with Crippen molar-refractivity contribution in [2.24, 2.45) is 0 Å². The Morgan fingerprint density at radius 1 is 1.35 bits per heavy atom. The van der Waals surface area contributed by atoms with Gasteiger partial charge in [-0.25, -0.2) is 0 Å². The minimum Gasteiger partial charge on any atom is -0.461 e. The van der Waals surface area contributed by atoms with Gasteiger partial charge in [0.1, 0.15) is 6.10 Å². The number of ether oxygens (including phenoxy) is 1. The monoisotopic (exact) mass is 235 g/mol. The van der Waals surface area contributed by atoms with Crippen molar-refractivity contribution in [3.8, 4) is 0 Å². The summed E-state index contributed by atoms with van der Waals surface area (Å²) >= 11 is 0. The smallest absolute Gasteiger partial charge is 0.306 e. The first kappa shape index (κ1) is 13.7. The van der Waals surface area contributed by atoms with Crippen molar-refractivity contribution < 1.29 is 9.53 Å². The maximum atomic E-state index is 11.2. The predicted octanol–water partition coefficient (Wildman–Crippen LogP) is 2.51. The van der Waals surface area contributed by atoms with Crippen LogP contribution < -0.4 is 5.32 Å². The number of carbonyl (C=O) groups is 1. The molecule has 94 valence electrons. The summed E-state index contributed by atoms with van der Waals surface area (Å²) in [6, 6.07) is 10.2. The van der Waals surface area contributed by atoms with E-state index in [1.807, 2.05) is 32.0 Å². The molecule has 1 atom stereocenters. The van der Waals surface area contributed by atoms with Crippen LogP contribution in [-0.2, 0) is 16.1 Å². The molecule has 0 aliphatic rings. The predicted molar refractivity (Wildman–Crippen MR) is 68.6 cm³/mol. The number of rotatable bonds is 7. The highest BCUT2D eigenvalue weighted by Crippen LogP contribution is 1.99. The SMILES string of the molecule is CCCC(=O)OC(C)CNCc1ccccc1. The van der Waals surface area contributed by atoms with Crippen molar-refractivity contribution >= 4 is 5.97 Å². The minimum atomic E-state index is -0.110. The van der Waals surface area contributed by atoms with Crippen molar-refractivity contribution in [1.29, 1.82) is 0 Å². The Labute approximate surface area is 103 Å². The molecule has 0 spiro atoms. The molecule has 0 saturated heterocycles. The highest BCUT2D eigenvalue weighted by molar-refractivity contribution is 5.69. The quantitative estimate of drug-likeness (QED) is 0.738. The summed E-state index contributed by atoms with van der Waals surface area (Å²) in [7, 11) is 0. The summed E-state index contributed by atoms with van der Waals surface area (Å²) in [6.45, 7) is 5.37. The topological polar surface area (TPSA) is 38.3 Å². The fraction of sp³-hybridized carbons (Fsp3) is 0.500. The third-order valence-electron chi connectivity index (χ3n) is 2.39. The van der Waals surface area contributed by atoms with E-state index in [-0.39, 0.29) is 12.1 Å². The van der Waals surface area contributed by atoms with Crippen LogP contribution in [0.5, 0.6) is 0 Å². The Morgan fingerprint density at radius 3 is 2.71 bits per heavy atom. The maximum Gasteiger partial charge on any atom is 0.306 e. The van der Waals surface area contributed by atoms with Gasteiger partial charge in [-0.2, -0.15) is 0 Å². The largest absolute Gasteiger partial charge is 0.461 e. The van der Waals surface area contributed by atoms with Gasteiger partial charge in [-0.15, -0.1) is 0 Å². The van der Waals surface area contributed by atoms with Gasteiger partial charge >= 0.3 is 5.97 Å². The molecule has 0 aliphatic carbocycles. The molecule has 0 aliphatic heterocycles. The van der Waals surface area contributed by atoms with Gasteiger partial charge in [0.05, 0.1) is 0 Å². The van der Waals surface area contributed by atoms with Crippen molar-refractivity contribution in [2.45, 2.75) is 39.3 Å². The zero-order valence-corrected chi connectivity index (χ0v) is 10.6. The number of esters is 1. The Kier molecular flexibility index (Phi) is 6.33. The van der Waals surface area contributed by atoms with Gasteiger partial charge in [0.2, 0.25) is 0 Å². The lowest BCUT2D eigenvalue weighted by molar-refractivity contribution is -0.148. The lowest BCUT2D eigenvalue weighted by Crippen LogP contribution is -2.28. The average Bonchev–Trinajstić information content (AvgIpc) is 2.30. The fourth-order valence-electron chi connectivity index (χ4n) is 1.54. The van der Waals surface area contributed by atoms with Gasteiger partial charge in [-0.3, -0.25) is 4.79 Å². The van der Waals surface area contributed by atoms with E-state index in [1.165, 1.54) is 5.56 Å². The second-order valence-electron chi connectivity index (χ2n) is 4.17. The number of hydrogen-bond donors (Lipinski definition) is 1. The molecule has 0 bridgehead atoms. The van der Waals surface area contributed by atoms with Crippen LogP contribution in [0.1, 0.15) is 32.3 Å². The third-order valence-corrected chi connectivity index (χ3v) is 2.39. The van der Waals surface area contributed by atoms with E-state index in [0.717, 1.165) is 13.0 Å². The minimum absolute atomic E-state index is 0.0715. The molecule has 3 nitrogen and oxygen atoms in total. The molecule has 0 amide bonds. The van der Waals surface area contributed by atoms with Gasteiger partial charge in [-0.05, 0) is 18.9 Å². The second kappa shape index (κ2) is 7.85. The van der Waals surface area contributed by atoms with Gasteiger partial charge in [0.15, 0.2) is 0 Å². The molecule has 1 aromatic rings. The Hall–Kier alpha value is -1.35. The number of benzene rings is 1. The first-order valence-electron chi connectivity index (χ1n) is 6.16. The molecule has 0 radical (unpaired) electrons. The molecule has 1 aromatic carbocycles. The van der Waals surface area contributed by atoms with Gasteiger partial charge < -0.3 is 10.1 Å². The highest BCUT2D eigenvalue weighted by Gasteiger charge is 2.07. The van der Waals surface area contributed by atoms with E-state index < -0.39 is 0 Å². The van der Waals surface area contributed by atoms with Crippen molar-refractivity contribution in [2.75, 3.05) is 6.54 Å². The van der Waals surface area contributed by atoms with Crippen LogP contribution in [0.25, 0.3) is 0 Å². The molecule has 1 unspecified atom stereocenters. The number of nitrogens with one attached hydrogen (secondary N) is 1. The first-order chi connectivity index (χ1) is 8.22. The number of hydrogen-bond acceptors (Lipinski definition) is 3. The molecule has 0 saturated carbocycles. The molecule has 17 heavy (non-hydrogen) atoms. The first-order valence-corrected chi connectivity index (χ1v) is 6.16. The summed E-state index contributed by atoms with van der Waals surface area (Å²) < 4.78 is 5.23. The molecule has 1 N–H and O–H groups in total. The number of carbonyl (C=O) groups excluding carboxylic acids is 1. The zero-order chi connectivity index (χ0) is 12.5. The molecular weight excluding hydrogens is 214 g/mol. The molecular formula is C14H21NO2. The van der Waals surface area contributed by atoms with E-state index >= 15 is 0 Å². The molecule has 0 aromatic heterocycles. The van der Waals surface area contributed by atoms with Crippen LogP contribution in [0.4, 0.5) is 0 Å². The van der Waals surface area contributed by atoms with Crippen LogP contribution in [0, 0.1) is 0 Å². The zero-order valence-electron chi connectivity index (χ0n) is 10.6. The fourth-order valence-corrected chi connectivity index (χ4v) is 1.54. The van der Waals surface area contributed by atoms with Gasteiger partial charge in [-0.1, -0.05) is 37.3 Å². The molecule has 0 heterocycles. The normalized spacial score (nSPS) is 12.1. The van der Waals surface area contributed by atoms with E-state index in [9.17, 15) is 4.79 Å². The van der Waals surface area contributed by atoms with Crippen molar-refractivity contribution in [1.82, 2.24) is 5.32 Å². The third kappa shape index (κ3) is 6.07. The Morgan fingerprint density at radius 2 is 2.06 bits per heavy atom. The van der Waals surface area contributed by atoms with E-state index in [4.69, 9.17) is 4.74 Å². The Bertz CT molecular complexity index is 324. The molecule has 1 rings (SSSR count). The van der Waals surface area contributed by atoms with E-state index in [1.54, 1.807) is 0 Å². The summed E-state index contributed by atoms with van der Waals surface area (Å²) in [5, 5.41) is 3.27.